The number of aromatic nitrogens is 4. The highest BCUT2D eigenvalue weighted by atomic mass is 32.2. The number of sulfonamides is 1. The van der Waals surface area contributed by atoms with Crippen molar-refractivity contribution in [3.63, 3.8) is 0 Å². The van der Waals surface area contributed by atoms with Crippen molar-refractivity contribution in [2.45, 2.75) is 24.8 Å². The molecule has 9 heteroatoms. The van der Waals surface area contributed by atoms with E-state index in [9.17, 15) is 8.42 Å². The summed E-state index contributed by atoms with van der Waals surface area (Å²) in [6, 6.07) is 24.5. The molecule has 5 aromatic rings. The van der Waals surface area contributed by atoms with E-state index in [-0.39, 0.29) is 6.04 Å². The van der Waals surface area contributed by atoms with Gasteiger partial charge in [0.2, 0.25) is 16.0 Å². The fourth-order valence-electron chi connectivity index (χ4n) is 4.96. The van der Waals surface area contributed by atoms with E-state index in [0.29, 0.717) is 36.3 Å². The van der Waals surface area contributed by atoms with Crippen LogP contribution in [0, 0.1) is 6.92 Å². The zero-order chi connectivity index (χ0) is 24.9. The molecule has 3 aromatic carbocycles. The number of piperazine rings is 1. The van der Waals surface area contributed by atoms with Gasteiger partial charge in [0, 0.05) is 36.6 Å². The predicted octanol–water partition coefficient (Wildman–Crippen LogP) is 4.15. The van der Waals surface area contributed by atoms with Crippen molar-refractivity contribution in [2.24, 2.45) is 0 Å². The van der Waals surface area contributed by atoms with Gasteiger partial charge in [-0.15, -0.1) is 10.2 Å². The van der Waals surface area contributed by atoms with Crippen LogP contribution in [-0.2, 0) is 10.0 Å². The average Bonchev–Trinajstić information content (AvgIpc) is 3.34. The van der Waals surface area contributed by atoms with Gasteiger partial charge in [-0.3, -0.25) is 0 Å². The van der Waals surface area contributed by atoms with Crippen LogP contribution in [0.1, 0.15) is 12.5 Å². The SMILES string of the molecule is Cc1cccc(-c2nnc3c4ccccc4nc(N4CCN(S(=O)(=O)c5ccccc5)C(C)C4)n23)c1. The van der Waals surface area contributed by atoms with Gasteiger partial charge in [0.1, 0.15) is 0 Å². The largest absolute Gasteiger partial charge is 0.339 e. The molecule has 3 heterocycles. The van der Waals surface area contributed by atoms with E-state index in [1.807, 2.05) is 53.8 Å². The Labute approximate surface area is 209 Å². The van der Waals surface area contributed by atoms with Crippen molar-refractivity contribution < 1.29 is 8.42 Å². The Balaban J connectivity index is 1.44. The van der Waals surface area contributed by atoms with E-state index in [1.54, 1.807) is 28.6 Å². The third-order valence-corrected chi connectivity index (χ3v) is 8.73. The first-order valence-electron chi connectivity index (χ1n) is 12.0. The van der Waals surface area contributed by atoms with Crippen LogP contribution in [0.25, 0.3) is 27.9 Å². The lowest BCUT2D eigenvalue weighted by molar-refractivity contribution is 0.304. The molecule has 0 radical (unpaired) electrons. The number of aryl methyl sites for hydroxylation is 1. The zero-order valence-corrected chi connectivity index (χ0v) is 20.9. The Morgan fingerprint density at radius 2 is 1.67 bits per heavy atom. The molecule has 0 spiro atoms. The molecule has 0 saturated carbocycles. The number of hydrogen-bond donors (Lipinski definition) is 0. The highest BCUT2D eigenvalue weighted by Crippen LogP contribution is 2.30. The van der Waals surface area contributed by atoms with Gasteiger partial charge in [-0.2, -0.15) is 4.31 Å². The summed E-state index contributed by atoms with van der Waals surface area (Å²) >= 11 is 0. The van der Waals surface area contributed by atoms with E-state index in [4.69, 9.17) is 4.98 Å². The van der Waals surface area contributed by atoms with Gasteiger partial charge in [0.05, 0.1) is 10.4 Å². The number of para-hydroxylation sites is 1. The lowest BCUT2D eigenvalue weighted by atomic mass is 10.1. The Morgan fingerprint density at radius 3 is 2.44 bits per heavy atom. The number of fused-ring (bicyclic) bond motifs is 3. The molecular weight excluding hydrogens is 472 g/mol. The van der Waals surface area contributed by atoms with Gasteiger partial charge in [-0.1, -0.05) is 54.1 Å². The monoisotopic (exact) mass is 498 g/mol. The highest BCUT2D eigenvalue weighted by Gasteiger charge is 2.35. The van der Waals surface area contributed by atoms with Crippen LogP contribution in [-0.4, -0.2) is 58.0 Å². The molecule has 2 aromatic heterocycles. The van der Waals surface area contributed by atoms with Crippen LogP contribution >= 0.6 is 0 Å². The second kappa shape index (κ2) is 8.69. The second-order valence-corrected chi connectivity index (χ2v) is 11.1. The normalized spacial score (nSPS) is 17.2. The first-order chi connectivity index (χ1) is 17.4. The summed E-state index contributed by atoms with van der Waals surface area (Å²) in [6.07, 6.45) is 0. The zero-order valence-electron chi connectivity index (χ0n) is 20.1. The smallest absolute Gasteiger partial charge is 0.243 e. The Hall–Kier alpha value is -3.82. The lowest BCUT2D eigenvalue weighted by Crippen LogP contribution is -2.54. The van der Waals surface area contributed by atoms with E-state index in [1.165, 1.54) is 0 Å². The van der Waals surface area contributed by atoms with Gasteiger partial charge < -0.3 is 4.90 Å². The van der Waals surface area contributed by atoms with Crippen molar-refractivity contribution >= 4 is 32.5 Å². The summed E-state index contributed by atoms with van der Waals surface area (Å²) in [5, 5.41) is 10.0. The molecule has 1 aliphatic rings. The second-order valence-electron chi connectivity index (χ2n) is 9.20. The Morgan fingerprint density at radius 1 is 0.889 bits per heavy atom. The van der Waals surface area contributed by atoms with Gasteiger partial charge >= 0.3 is 0 Å². The Bertz CT molecular complexity index is 1680. The van der Waals surface area contributed by atoms with Gasteiger partial charge in [0.25, 0.3) is 0 Å². The molecule has 36 heavy (non-hydrogen) atoms. The molecule has 1 saturated heterocycles. The number of hydrogen-bond acceptors (Lipinski definition) is 6. The first kappa shape index (κ1) is 22.6. The molecule has 0 amide bonds. The fraction of sp³-hybridized carbons (Fsp3) is 0.222. The van der Waals surface area contributed by atoms with Crippen LogP contribution in [0.3, 0.4) is 0 Å². The molecule has 1 fully saturated rings. The van der Waals surface area contributed by atoms with E-state index < -0.39 is 10.0 Å². The molecule has 1 atom stereocenters. The number of rotatable bonds is 4. The van der Waals surface area contributed by atoms with Gasteiger partial charge in [-0.25, -0.2) is 17.8 Å². The maximum Gasteiger partial charge on any atom is 0.243 e. The Kier molecular flexibility index (Phi) is 5.46. The third kappa shape index (κ3) is 3.71. The summed E-state index contributed by atoms with van der Waals surface area (Å²) in [6.45, 7) is 5.35. The molecule has 1 unspecified atom stereocenters. The van der Waals surface area contributed by atoms with Crippen molar-refractivity contribution in [2.75, 3.05) is 24.5 Å². The quantitative estimate of drug-likeness (QED) is 0.370. The highest BCUT2D eigenvalue weighted by molar-refractivity contribution is 7.89. The molecule has 0 N–H and O–H groups in total. The molecular formula is C27H26N6O2S. The maximum atomic E-state index is 13.3. The van der Waals surface area contributed by atoms with Crippen molar-refractivity contribution in [1.29, 1.82) is 0 Å². The fourth-order valence-corrected chi connectivity index (χ4v) is 6.59. The average molecular weight is 499 g/mol. The summed E-state index contributed by atoms with van der Waals surface area (Å²) in [7, 11) is -3.58. The van der Waals surface area contributed by atoms with Gasteiger partial charge in [-0.05, 0) is 44.2 Å². The first-order valence-corrected chi connectivity index (χ1v) is 13.4. The lowest BCUT2D eigenvalue weighted by Gasteiger charge is -2.39. The van der Waals surface area contributed by atoms with Crippen LogP contribution in [0.2, 0.25) is 0 Å². The molecule has 0 bridgehead atoms. The molecule has 182 valence electrons. The predicted molar refractivity (Wildman–Crippen MR) is 140 cm³/mol. The topological polar surface area (TPSA) is 83.7 Å². The maximum absolute atomic E-state index is 13.3. The van der Waals surface area contributed by atoms with Crippen molar-refractivity contribution in [3.8, 4) is 11.4 Å². The van der Waals surface area contributed by atoms with Crippen molar-refractivity contribution in [1.82, 2.24) is 23.9 Å². The number of anilines is 1. The standard InChI is InChI=1S/C27H26N6O2S/c1-19-9-8-10-21(17-19)25-29-30-26-23-13-6-7-14-24(23)28-27(33(25)26)31-15-16-32(20(2)18-31)36(34,35)22-11-4-3-5-12-22/h3-14,17,20H,15-16,18H2,1-2H3. The van der Waals surface area contributed by atoms with Crippen LogP contribution < -0.4 is 4.90 Å². The minimum absolute atomic E-state index is 0.244. The summed E-state index contributed by atoms with van der Waals surface area (Å²) in [5.41, 5.74) is 3.65. The molecule has 6 rings (SSSR count). The minimum atomic E-state index is -3.58. The molecule has 8 nitrogen and oxygen atoms in total. The van der Waals surface area contributed by atoms with Gasteiger partial charge in [0.15, 0.2) is 11.5 Å². The molecule has 0 aliphatic carbocycles. The van der Waals surface area contributed by atoms with Crippen LogP contribution in [0.4, 0.5) is 5.95 Å². The minimum Gasteiger partial charge on any atom is -0.339 e. The number of nitrogens with zero attached hydrogens (tertiary/aromatic N) is 6. The number of benzene rings is 3. The molecule has 1 aliphatic heterocycles. The summed E-state index contributed by atoms with van der Waals surface area (Å²) in [5.74, 6) is 1.43. The van der Waals surface area contributed by atoms with Crippen LogP contribution in [0.15, 0.2) is 83.8 Å². The van der Waals surface area contributed by atoms with E-state index >= 15 is 0 Å². The summed E-state index contributed by atoms with van der Waals surface area (Å²) in [4.78, 5) is 7.49. The van der Waals surface area contributed by atoms with Crippen molar-refractivity contribution in [3.05, 3.63) is 84.4 Å². The van der Waals surface area contributed by atoms with E-state index in [0.717, 1.165) is 27.7 Å². The van der Waals surface area contributed by atoms with Crippen LogP contribution in [0.5, 0.6) is 0 Å². The summed E-state index contributed by atoms with van der Waals surface area (Å²) < 4.78 is 30.2. The van der Waals surface area contributed by atoms with E-state index in [2.05, 4.69) is 34.2 Å². The third-order valence-electron chi connectivity index (χ3n) is 6.70.